The molecule has 0 aliphatic carbocycles. The molecule has 110 valence electrons. The van der Waals surface area contributed by atoms with Crippen LogP contribution in [0.25, 0.3) is 0 Å². The topological polar surface area (TPSA) is 41.6 Å². The van der Waals surface area contributed by atoms with Gasteiger partial charge in [-0.05, 0) is 50.6 Å². The summed E-state index contributed by atoms with van der Waals surface area (Å²) in [5.74, 6) is 1.68. The molecular weight excluding hydrogens is 240 g/mol. The summed E-state index contributed by atoms with van der Waals surface area (Å²) in [4.78, 5) is 14.3. The van der Waals surface area contributed by atoms with E-state index in [2.05, 4.69) is 17.1 Å². The van der Waals surface area contributed by atoms with Crippen LogP contribution in [0.1, 0.15) is 39.0 Å². The van der Waals surface area contributed by atoms with E-state index in [-0.39, 0.29) is 0 Å². The van der Waals surface area contributed by atoms with Crippen LogP contribution < -0.4 is 5.32 Å². The highest BCUT2D eigenvalue weighted by atomic mass is 16.5. The van der Waals surface area contributed by atoms with Gasteiger partial charge in [0.1, 0.15) is 0 Å². The maximum atomic E-state index is 12.3. The van der Waals surface area contributed by atoms with Gasteiger partial charge in [0, 0.05) is 32.7 Å². The molecule has 0 aromatic rings. The SMILES string of the molecule is CCNCC1CCN(C(=O)CC2CCOCC2)CC1. The normalized spacial score (nSPS) is 22.7. The molecule has 2 aliphatic heterocycles. The van der Waals surface area contributed by atoms with Crippen molar-refractivity contribution in [3.63, 3.8) is 0 Å². The molecule has 0 aromatic carbocycles. The molecule has 4 heteroatoms. The smallest absolute Gasteiger partial charge is 0.222 e. The summed E-state index contributed by atoms with van der Waals surface area (Å²) < 4.78 is 5.35. The van der Waals surface area contributed by atoms with Crippen LogP contribution in [0, 0.1) is 11.8 Å². The third-order valence-electron chi connectivity index (χ3n) is 4.45. The second kappa shape index (κ2) is 7.85. The Morgan fingerprint density at radius 2 is 1.84 bits per heavy atom. The van der Waals surface area contributed by atoms with Crippen LogP contribution in [0.3, 0.4) is 0 Å². The van der Waals surface area contributed by atoms with E-state index in [1.54, 1.807) is 0 Å². The Morgan fingerprint density at radius 1 is 1.16 bits per heavy atom. The van der Waals surface area contributed by atoms with Crippen molar-refractivity contribution in [1.29, 1.82) is 0 Å². The molecule has 0 atom stereocenters. The number of amides is 1. The van der Waals surface area contributed by atoms with Crippen molar-refractivity contribution in [3.8, 4) is 0 Å². The Kier molecular flexibility index (Phi) is 6.11. The fourth-order valence-electron chi connectivity index (χ4n) is 3.06. The fraction of sp³-hybridized carbons (Fsp3) is 0.933. The van der Waals surface area contributed by atoms with Crippen LogP contribution >= 0.6 is 0 Å². The zero-order valence-corrected chi connectivity index (χ0v) is 12.2. The molecule has 1 N–H and O–H groups in total. The number of likely N-dealkylation sites (tertiary alicyclic amines) is 1. The molecule has 0 aromatic heterocycles. The van der Waals surface area contributed by atoms with Crippen LogP contribution in [0.5, 0.6) is 0 Å². The Labute approximate surface area is 116 Å². The van der Waals surface area contributed by atoms with Gasteiger partial charge in [-0.15, -0.1) is 0 Å². The summed E-state index contributed by atoms with van der Waals surface area (Å²) >= 11 is 0. The molecule has 0 saturated carbocycles. The Morgan fingerprint density at radius 3 is 2.47 bits per heavy atom. The van der Waals surface area contributed by atoms with Gasteiger partial charge in [0.2, 0.25) is 5.91 Å². The number of hydrogen-bond acceptors (Lipinski definition) is 3. The maximum Gasteiger partial charge on any atom is 0.222 e. The van der Waals surface area contributed by atoms with Crippen molar-refractivity contribution in [2.45, 2.75) is 39.0 Å². The van der Waals surface area contributed by atoms with E-state index in [1.807, 2.05) is 0 Å². The predicted molar refractivity (Wildman–Crippen MR) is 76.0 cm³/mol. The molecule has 4 nitrogen and oxygen atoms in total. The first-order valence-electron chi connectivity index (χ1n) is 7.85. The van der Waals surface area contributed by atoms with Gasteiger partial charge in [0.25, 0.3) is 0 Å². The molecule has 2 saturated heterocycles. The van der Waals surface area contributed by atoms with E-state index in [0.717, 1.165) is 77.4 Å². The number of ether oxygens (including phenoxy) is 1. The zero-order valence-electron chi connectivity index (χ0n) is 12.2. The predicted octanol–water partition coefficient (Wildman–Crippen LogP) is 1.65. The third-order valence-corrected chi connectivity index (χ3v) is 4.45. The molecule has 0 radical (unpaired) electrons. The highest BCUT2D eigenvalue weighted by molar-refractivity contribution is 5.76. The minimum absolute atomic E-state index is 0.369. The van der Waals surface area contributed by atoms with Gasteiger partial charge in [-0.1, -0.05) is 6.92 Å². The van der Waals surface area contributed by atoms with Crippen LogP contribution in [0.4, 0.5) is 0 Å². The molecule has 0 bridgehead atoms. The molecule has 19 heavy (non-hydrogen) atoms. The van der Waals surface area contributed by atoms with E-state index in [9.17, 15) is 4.79 Å². The lowest BCUT2D eigenvalue weighted by molar-refractivity contribution is -0.134. The third kappa shape index (κ3) is 4.77. The summed E-state index contributed by atoms with van der Waals surface area (Å²) in [6.07, 6.45) is 5.17. The first-order chi connectivity index (χ1) is 9.29. The largest absolute Gasteiger partial charge is 0.381 e. The number of carbonyl (C=O) groups excluding carboxylic acids is 1. The average molecular weight is 268 g/mol. The first-order valence-corrected chi connectivity index (χ1v) is 7.85. The molecule has 2 rings (SSSR count). The van der Waals surface area contributed by atoms with E-state index in [0.29, 0.717) is 11.8 Å². The van der Waals surface area contributed by atoms with E-state index in [1.165, 1.54) is 0 Å². The number of carbonyl (C=O) groups is 1. The van der Waals surface area contributed by atoms with Crippen molar-refractivity contribution in [2.75, 3.05) is 39.4 Å². The van der Waals surface area contributed by atoms with Gasteiger partial charge in [0.15, 0.2) is 0 Å². The Balaban J connectivity index is 1.67. The highest BCUT2D eigenvalue weighted by Gasteiger charge is 2.25. The average Bonchev–Trinajstić information content (AvgIpc) is 2.46. The molecule has 2 heterocycles. The first kappa shape index (κ1) is 14.8. The number of piperidine rings is 1. The van der Waals surface area contributed by atoms with Crippen molar-refractivity contribution in [2.24, 2.45) is 11.8 Å². The van der Waals surface area contributed by atoms with Crippen molar-refractivity contribution >= 4 is 5.91 Å². The van der Waals surface area contributed by atoms with Gasteiger partial charge in [0.05, 0.1) is 0 Å². The van der Waals surface area contributed by atoms with Gasteiger partial charge < -0.3 is 15.0 Å². The van der Waals surface area contributed by atoms with Crippen LogP contribution in [0.15, 0.2) is 0 Å². The number of rotatable bonds is 5. The number of hydrogen-bond donors (Lipinski definition) is 1. The van der Waals surface area contributed by atoms with Gasteiger partial charge in [-0.25, -0.2) is 0 Å². The highest BCUT2D eigenvalue weighted by Crippen LogP contribution is 2.22. The van der Waals surface area contributed by atoms with Gasteiger partial charge in [-0.3, -0.25) is 4.79 Å². The van der Waals surface area contributed by atoms with Crippen molar-refractivity contribution < 1.29 is 9.53 Å². The Bertz CT molecular complexity index is 269. The monoisotopic (exact) mass is 268 g/mol. The molecular formula is C15H28N2O2. The summed E-state index contributed by atoms with van der Waals surface area (Å²) in [5, 5.41) is 3.41. The molecule has 2 fully saturated rings. The minimum atomic E-state index is 0.369. The zero-order chi connectivity index (χ0) is 13.5. The molecule has 1 amide bonds. The summed E-state index contributed by atoms with van der Waals surface area (Å²) in [6, 6.07) is 0. The summed E-state index contributed by atoms with van der Waals surface area (Å²) in [7, 11) is 0. The Hall–Kier alpha value is -0.610. The minimum Gasteiger partial charge on any atom is -0.381 e. The quantitative estimate of drug-likeness (QED) is 0.824. The van der Waals surface area contributed by atoms with Gasteiger partial charge >= 0.3 is 0 Å². The van der Waals surface area contributed by atoms with Crippen LogP contribution in [0.2, 0.25) is 0 Å². The fourth-order valence-corrected chi connectivity index (χ4v) is 3.06. The van der Waals surface area contributed by atoms with E-state index >= 15 is 0 Å². The molecule has 2 aliphatic rings. The van der Waals surface area contributed by atoms with Crippen molar-refractivity contribution in [1.82, 2.24) is 10.2 Å². The van der Waals surface area contributed by atoms with Crippen molar-refractivity contribution in [3.05, 3.63) is 0 Å². The molecule has 0 spiro atoms. The van der Waals surface area contributed by atoms with Gasteiger partial charge in [-0.2, -0.15) is 0 Å². The lowest BCUT2D eigenvalue weighted by Crippen LogP contribution is -2.41. The summed E-state index contributed by atoms with van der Waals surface area (Å²) in [5.41, 5.74) is 0. The van der Waals surface area contributed by atoms with Crippen LogP contribution in [-0.2, 0) is 9.53 Å². The standard InChI is InChI=1S/C15H28N2O2/c1-2-16-12-14-3-7-17(8-4-14)15(18)11-13-5-9-19-10-6-13/h13-14,16H,2-12H2,1H3. The summed E-state index contributed by atoms with van der Waals surface area (Å²) in [6.45, 7) is 7.88. The lowest BCUT2D eigenvalue weighted by atomic mass is 9.93. The lowest BCUT2D eigenvalue weighted by Gasteiger charge is -2.33. The second-order valence-electron chi connectivity index (χ2n) is 5.89. The molecule has 0 unspecified atom stereocenters. The van der Waals surface area contributed by atoms with E-state index in [4.69, 9.17) is 4.74 Å². The number of nitrogens with one attached hydrogen (secondary N) is 1. The van der Waals surface area contributed by atoms with Crippen LogP contribution in [-0.4, -0.2) is 50.2 Å². The van der Waals surface area contributed by atoms with E-state index < -0.39 is 0 Å². The number of nitrogens with zero attached hydrogens (tertiary/aromatic N) is 1. The maximum absolute atomic E-state index is 12.3. The second-order valence-corrected chi connectivity index (χ2v) is 5.89.